The van der Waals surface area contributed by atoms with E-state index in [1.807, 2.05) is 34.7 Å². The molecule has 0 saturated heterocycles. The van der Waals surface area contributed by atoms with Gasteiger partial charge in [0.2, 0.25) is 0 Å². The molecular formula is C36H48N2. The fourth-order valence-corrected chi connectivity index (χ4v) is 5.71. The first-order valence-corrected chi connectivity index (χ1v) is 14.0. The maximum atomic E-state index is 6.16. The van der Waals surface area contributed by atoms with Crippen LogP contribution in [-0.2, 0) is 0 Å². The van der Waals surface area contributed by atoms with Crippen LogP contribution in [0.1, 0.15) is 66.6 Å². The second kappa shape index (κ2) is 13.3. The number of nitrogens with one attached hydrogen (secondary N) is 1. The Morgan fingerprint density at radius 1 is 0.447 bits per heavy atom. The normalized spacial score (nSPS) is 10.2. The predicted molar refractivity (Wildman–Crippen MR) is 173 cm³/mol. The molecule has 4 aromatic rings. The zero-order chi connectivity index (χ0) is 28.7. The summed E-state index contributed by atoms with van der Waals surface area (Å²) in [5.41, 5.74) is 24.6. The Labute approximate surface area is 232 Å². The van der Waals surface area contributed by atoms with Gasteiger partial charge in [0, 0.05) is 18.4 Å². The number of anilines is 2. The molecule has 2 heteroatoms. The Morgan fingerprint density at radius 3 is 1.05 bits per heavy atom. The highest BCUT2D eigenvalue weighted by Crippen LogP contribution is 2.40. The van der Waals surface area contributed by atoms with E-state index in [0.29, 0.717) is 0 Å². The maximum absolute atomic E-state index is 6.16. The SMILES string of the molecule is CC.CC.CNc1cc(C)c(-c2cc(-c3c(C)cc(C)cc3C)cc(-c3c(C)cc(N)cc3C)c2)c(C)c1. The number of aryl methyl sites for hydroxylation is 7. The minimum atomic E-state index is 0.815. The summed E-state index contributed by atoms with van der Waals surface area (Å²) in [6.45, 7) is 23.3. The number of nitrogens with two attached hydrogens (primary N) is 1. The Hall–Kier alpha value is -3.52. The zero-order valence-corrected chi connectivity index (χ0v) is 25.8. The van der Waals surface area contributed by atoms with Crippen LogP contribution in [0.3, 0.4) is 0 Å². The molecule has 0 atom stereocenters. The predicted octanol–water partition coefficient (Wildman–Crippen LogP) is 10.5. The molecule has 0 aliphatic rings. The minimum Gasteiger partial charge on any atom is -0.399 e. The van der Waals surface area contributed by atoms with Crippen molar-refractivity contribution in [2.45, 2.75) is 76.2 Å². The summed E-state index contributed by atoms with van der Waals surface area (Å²) in [5.74, 6) is 0. The average molecular weight is 509 g/mol. The second-order valence-electron chi connectivity index (χ2n) is 9.84. The van der Waals surface area contributed by atoms with Gasteiger partial charge in [0.25, 0.3) is 0 Å². The summed E-state index contributed by atoms with van der Waals surface area (Å²) < 4.78 is 0. The van der Waals surface area contributed by atoms with Crippen molar-refractivity contribution in [1.29, 1.82) is 0 Å². The molecular weight excluding hydrogens is 460 g/mol. The number of benzene rings is 4. The third kappa shape index (κ3) is 6.48. The van der Waals surface area contributed by atoms with Crippen LogP contribution in [0.2, 0.25) is 0 Å². The molecule has 38 heavy (non-hydrogen) atoms. The van der Waals surface area contributed by atoms with Gasteiger partial charge in [-0.15, -0.1) is 0 Å². The van der Waals surface area contributed by atoms with Gasteiger partial charge in [0.1, 0.15) is 0 Å². The number of hydrogen-bond acceptors (Lipinski definition) is 2. The summed E-state index contributed by atoms with van der Waals surface area (Å²) in [7, 11) is 1.97. The third-order valence-electron chi connectivity index (χ3n) is 6.85. The highest BCUT2D eigenvalue weighted by atomic mass is 14.8. The van der Waals surface area contributed by atoms with Crippen LogP contribution in [0.5, 0.6) is 0 Å². The molecule has 0 fully saturated rings. The highest BCUT2D eigenvalue weighted by Gasteiger charge is 2.16. The van der Waals surface area contributed by atoms with Gasteiger partial charge in [-0.25, -0.2) is 0 Å². The zero-order valence-electron chi connectivity index (χ0n) is 25.8. The Morgan fingerprint density at radius 2 is 0.737 bits per heavy atom. The first kappa shape index (κ1) is 30.7. The third-order valence-corrected chi connectivity index (χ3v) is 6.85. The molecule has 4 rings (SSSR count). The van der Waals surface area contributed by atoms with Crippen molar-refractivity contribution in [3.05, 3.63) is 93.5 Å². The lowest BCUT2D eigenvalue weighted by Crippen LogP contribution is -1.98. The van der Waals surface area contributed by atoms with Crippen molar-refractivity contribution < 1.29 is 0 Å². The molecule has 0 aliphatic heterocycles. The van der Waals surface area contributed by atoms with Crippen LogP contribution < -0.4 is 11.1 Å². The highest BCUT2D eigenvalue weighted by molar-refractivity contribution is 5.87. The van der Waals surface area contributed by atoms with E-state index in [-0.39, 0.29) is 0 Å². The van der Waals surface area contributed by atoms with Crippen molar-refractivity contribution in [2.24, 2.45) is 0 Å². The first-order chi connectivity index (χ1) is 18.1. The van der Waals surface area contributed by atoms with E-state index in [9.17, 15) is 0 Å². The van der Waals surface area contributed by atoms with E-state index in [1.54, 1.807) is 0 Å². The summed E-state index contributed by atoms with van der Waals surface area (Å²) in [5, 5.41) is 3.29. The van der Waals surface area contributed by atoms with Gasteiger partial charge in [-0.05, 0) is 158 Å². The van der Waals surface area contributed by atoms with E-state index in [1.165, 1.54) is 72.3 Å². The molecule has 2 nitrogen and oxygen atoms in total. The van der Waals surface area contributed by atoms with Crippen molar-refractivity contribution in [3.63, 3.8) is 0 Å². The number of hydrogen-bond donors (Lipinski definition) is 2. The van der Waals surface area contributed by atoms with Crippen molar-refractivity contribution in [3.8, 4) is 33.4 Å². The van der Waals surface area contributed by atoms with E-state index >= 15 is 0 Å². The second-order valence-corrected chi connectivity index (χ2v) is 9.84. The van der Waals surface area contributed by atoms with Crippen LogP contribution in [0.25, 0.3) is 33.4 Å². The van der Waals surface area contributed by atoms with Gasteiger partial charge in [-0.3, -0.25) is 0 Å². The standard InChI is InChI=1S/C32H36N2.2C2H6/c1-18-9-19(2)30(20(3)10-18)25-15-26(31-21(4)11-28(33)12-22(31)5)17-27(16-25)32-23(6)13-29(34-8)14-24(32)7;2*1-2/h9-17,34H,33H2,1-8H3;2*1-2H3. The molecule has 0 bridgehead atoms. The molecule has 4 aromatic carbocycles. The smallest absolute Gasteiger partial charge is 0.0343 e. The summed E-state index contributed by atoms with van der Waals surface area (Å²) in [6.07, 6.45) is 0. The average Bonchev–Trinajstić information content (AvgIpc) is 2.85. The quantitative estimate of drug-likeness (QED) is 0.269. The molecule has 0 unspecified atom stereocenters. The fraction of sp³-hybridized carbons (Fsp3) is 0.333. The van der Waals surface area contributed by atoms with Crippen molar-refractivity contribution in [2.75, 3.05) is 18.1 Å². The van der Waals surface area contributed by atoms with E-state index in [2.05, 4.69) is 108 Å². The Balaban J connectivity index is 0.00000121. The molecule has 0 saturated carbocycles. The molecule has 0 amide bonds. The molecule has 0 aromatic heterocycles. The van der Waals surface area contributed by atoms with Gasteiger partial charge < -0.3 is 11.1 Å². The van der Waals surface area contributed by atoms with E-state index in [4.69, 9.17) is 5.73 Å². The van der Waals surface area contributed by atoms with Crippen LogP contribution in [-0.4, -0.2) is 7.05 Å². The van der Waals surface area contributed by atoms with Crippen LogP contribution >= 0.6 is 0 Å². The summed E-state index contributed by atoms with van der Waals surface area (Å²) in [4.78, 5) is 0. The molecule has 0 spiro atoms. The molecule has 3 N–H and O–H groups in total. The summed E-state index contributed by atoms with van der Waals surface area (Å²) >= 11 is 0. The fourth-order valence-electron chi connectivity index (χ4n) is 5.71. The van der Waals surface area contributed by atoms with Gasteiger partial charge in [-0.2, -0.15) is 0 Å². The lowest BCUT2D eigenvalue weighted by Gasteiger charge is -2.20. The van der Waals surface area contributed by atoms with E-state index in [0.717, 1.165) is 11.4 Å². The monoisotopic (exact) mass is 508 g/mol. The first-order valence-electron chi connectivity index (χ1n) is 14.0. The van der Waals surface area contributed by atoms with Gasteiger partial charge >= 0.3 is 0 Å². The largest absolute Gasteiger partial charge is 0.399 e. The lowest BCUT2D eigenvalue weighted by molar-refractivity contribution is 1.31. The lowest BCUT2D eigenvalue weighted by atomic mass is 9.85. The van der Waals surface area contributed by atoms with Crippen molar-refractivity contribution >= 4 is 11.4 Å². The topological polar surface area (TPSA) is 38.0 Å². The minimum absolute atomic E-state index is 0.815. The Kier molecular flexibility index (Phi) is 10.8. The number of rotatable bonds is 4. The van der Waals surface area contributed by atoms with E-state index < -0.39 is 0 Å². The summed E-state index contributed by atoms with van der Waals surface area (Å²) in [6, 6.07) is 20.3. The van der Waals surface area contributed by atoms with Gasteiger partial charge in [-0.1, -0.05) is 45.4 Å². The maximum Gasteiger partial charge on any atom is 0.0343 e. The molecule has 0 aliphatic carbocycles. The number of nitrogen functional groups attached to an aromatic ring is 1. The van der Waals surface area contributed by atoms with Crippen molar-refractivity contribution in [1.82, 2.24) is 0 Å². The molecule has 202 valence electrons. The Bertz CT molecular complexity index is 1260. The molecule has 0 radical (unpaired) electrons. The molecule has 0 heterocycles. The van der Waals surface area contributed by atoms with Gasteiger partial charge in [0.15, 0.2) is 0 Å². The van der Waals surface area contributed by atoms with Crippen LogP contribution in [0.15, 0.2) is 54.6 Å². The van der Waals surface area contributed by atoms with Crippen LogP contribution in [0.4, 0.5) is 11.4 Å². The van der Waals surface area contributed by atoms with Crippen LogP contribution in [0, 0.1) is 48.5 Å². The van der Waals surface area contributed by atoms with Gasteiger partial charge in [0.05, 0.1) is 0 Å².